The summed E-state index contributed by atoms with van der Waals surface area (Å²) in [4.78, 5) is 27.6. The predicted octanol–water partition coefficient (Wildman–Crippen LogP) is 3.92. The number of benzene rings is 1. The molecule has 152 valence electrons. The number of ether oxygens (including phenoxy) is 2. The maximum absolute atomic E-state index is 12.6. The Bertz CT molecular complexity index is 1020. The molecule has 1 atom stereocenters. The summed E-state index contributed by atoms with van der Waals surface area (Å²) in [6, 6.07) is 11.8. The normalized spacial score (nSPS) is 11.7. The van der Waals surface area contributed by atoms with Gasteiger partial charge in [0.05, 0.1) is 31.7 Å². The highest BCUT2D eigenvalue weighted by molar-refractivity contribution is 5.94. The van der Waals surface area contributed by atoms with Crippen molar-refractivity contribution >= 4 is 5.91 Å². The molecule has 29 heavy (non-hydrogen) atoms. The number of nitrogens with one attached hydrogen (secondary N) is 2. The van der Waals surface area contributed by atoms with Crippen LogP contribution in [0.4, 0.5) is 0 Å². The van der Waals surface area contributed by atoms with Crippen LogP contribution in [-0.4, -0.2) is 24.6 Å². The quantitative estimate of drug-likeness (QED) is 0.602. The highest BCUT2D eigenvalue weighted by atomic mass is 16.5. The Morgan fingerprint density at radius 1 is 1.21 bits per heavy atom. The van der Waals surface area contributed by atoms with Crippen LogP contribution in [0.1, 0.15) is 42.2 Å². The summed E-state index contributed by atoms with van der Waals surface area (Å²) in [6.07, 6.45) is 2.41. The van der Waals surface area contributed by atoms with Crippen LogP contribution in [-0.2, 0) is 0 Å². The molecular formula is C22H24N2O5. The number of aromatic amines is 1. The average Bonchev–Trinajstić information content (AvgIpc) is 3.26. The Kier molecular flexibility index (Phi) is 6.39. The molecule has 7 heteroatoms. The molecule has 3 aromatic rings. The van der Waals surface area contributed by atoms with E-state index in [2.05, 4.69) is 10.3 Å². The lowest BCUT2D eigenvalue weighted by atomic mass is 10.1. The number of amides is 1. The van der Waals surface area contributed by atoms with Crippen molar-refractivity contribution in [3.63, 3.8) is 0 Å². The summed E-state index contributed by atoms with van der Waals surface area (Å²) in [5.41, 5.74) is 0.895. The number of furan rings is 1. The van der Waals surface area contributed by atoms with Crippen molar-refractivity contribution < 1.29 is 18.7 Å². The summed E-state index contributed by atoms with van der Waals surface area (Å²) in [7, 11) is 1.57. The Morgan fingerprint density at radius 3 is 2.69 bits per heavy atom. The minimum atomic E-state index is -0.482. The second kappa shape index (κ2) is 9.14. The van der Waals surface area contributed by atoms with Crippen LogP contribution in [0.15, 0.2) is 57.9 Å². The van der Waals surface area contributed by atoms with Crippen molar-refractivity contribution in [2.24, 2.45) is 0 Å². The molecule has 2 aromatic heterocycles. The van der Waals surface area contributed by atoms with Crippen molar-refractivity contribution in [3.8, 4) is 23.0 Å². The van der Waals surface area contributed by atoms with Gasteiger partial charge >= 0.3 is 0 Å². The van der Waals surface area contributed by atoms with E-state index >= 15 is 0 Å². The Labute approximate surface area is 168 Å². The second-order valence-corrected chi connectivity index (χ2v) is 6.55. The highest BCUT2D eigenvalue weighted by Crippen LogP contribution is 2.30. The van der Waals surface area contributed by atoms with Crippen LogP contribution in [0.5, 0.6) is 11.5 Å². The number of aromatic nitrogens is 1. The number of methoxy groups -OCH3 is 1. The van der Waals surface area contributed by atoms with Crippen molar-refractivity contribution in [3.05, 3.63) is 70.2 Å². The van der Waals surface area contributed by atoms with Crippen LogP contribution in [0.2, 0.25) is 0 Å². The Morgan fingerprint density at radius 2 is 2.03 bits per heavy atom. The van der Waals surface area contributed by atoms with E-state index in [1.165, 1.54) is 12.3 Å². The average molecular weight is 396 g/mol. The first-order valence-electron chi connectivity index (χ1n) is 9.42. The lowest BCUT2D eigenvalue weighted by molar-refractivity contribution is 0.0938. The van der Waals surface area contributed by atoms with Crippen LogP contribution in [0, 0.1) is 0 Å². The largest absolute Gasteiger partial charge is 0.493 e. The molecule has 7 nitrogen and oxygen atoms in total. The van der Waals surface area contributed by atoms with E-state index in [9.17, 15) is 9.59 Å². The third-order valence-electron chi connectivity index (χ3n) is 4.44. The molecule has 0 saturated carbocycles. The molecule has 0 aliphatic rings. The van der Waals surface area contributed by atoms with Crippen LogP contribution < -0.4 is 20.3 Å². The molecular weight excluding hydrogens is 372 g/mol. The van der Waals surface area contributed by atoms with Gasteiger partial charge in [0.25, 0.3) is 11.5 Å². The number of carbonyl (C=O) groups is 1. The van der Waals surface area contributed by atoms with E-state index in [0.717, 1.165) is 12.0 Å². The molecule has 0 spiro atoms. The summed E-state index contributed by atoms with van der Waals surface area (Å²) in [5, 5.41) is 2.84. The van der Waals surface area contributed by atoms with E-state index in [1.54, 1.807) is 25.3 Å². The van der Waals surface area contributed by atoms with Crippen molar-refractivity contribution in [1.82, 2.24) is 10.3 Å². The first kappa shape index (κ1) is 20.3. The Balaban J connectivity index is 1.74. The van der Waals surface area contributed by atoms with Crippen molar-refractivity contribution in [2.45, 2.75) is 26.3 Å². The van der Waals surface area contributed by atoms with Gasteiger partial charge in [0.1, 0.15) is 11.3 Å². The second-order valence-electron chi connectivity index (χ2n) is 6.55. The zero-order valence-electron chi connectivity index (χ0n) is 16.7. The van der Waals surface area contributed by atoms with Gasteiger partial charge in [-0.1, -0.05) is 13.0 Å². The van der Waals surface area contributed by atoms with Crippen LogP contribution >= 0.6 is 0 Å². The molecule has 1 aromatic carbocycles. The monoisotopic (exact) mass is 396 g/mol. The van der Waals surface area contributed by atoms with E-state index in [0.29, 0.717) is 29.6 Å². The Hall–Kier alpha value is -3.48. The first-order chi connectivity index (χ1) is 14.0. The topological polar surface area (TPSA) is 93.6 Å². The standard InChI is InChI=1S/C22H24N2O5/c1-4-11-28-19-10-7-15(13-20(19)27-3)14(2)23-21(25)16-8-9-17(24-22(16)26)18-6-5-12-29-18/h5-10,12-14H,4,11H2,1-3H3,(H,23,25)(H,24,26). The minimum Gasteiger partial charge on any atom is -0.493 e. The SMILES string of the molecule is CCCOc1ccc(C(C)NC(=O)c2ccc(-c3ccco3)[nH]c2=O)cc1OC. The molecule has 0 fully saturated rings. The summed E-state index contributed by atoms with van der Waals surface area (Å²) in [5.74, 6) is 1.31. The number of carbonyl (C=O) groups excluding carboxylic acids is 1. The summed E-state index contributed by atoms with van der Waals surface area (Å²) in [6.45, 7) is 4.46. The molecule has 0 aliphatic heterocycles. The zero-order chi connectivity index (χ0) is 20.8. The fourth-order valence-electron chi connectivity index (χ4n) is 2.87. The minimum absolute atomic E-state index is 0.0296. The van der Waals surface area contributed by atoms with Crippen molar-refractivity contribution in [1.29, 1.82) is 0 Å². The number of pyridine rings is 1. The predicted molar refractivity (Wildman–Crippen MR) is 109 cm³/mol. The lowest BCUT2D eigenvalue weighted by Gasteiger charge is -2.17. The maximum atomic E-state index is 12.6. The molecule has 2 heterocycles. The van der Waals surface area contributed by atoms with Crippen LogP contribution in [0.25, 0.3) is 11.5 Å². The van der Waals surface area contributed by atoms with E-state index in [1.807, 2.05) is 32.0 Å². The molecule has 1 amide bonds. The number of rotatable bonds is 8. The van der Waals surface area contributed by atoms with E-state index in [4.69, 9.17) is 13.9 Å². The van der Waals surface area contributed by atoms with Crippen molar-refractivity contribution in [2.75, 3.05) is 13.7 Å². The van der Waals surface area contributed by atoms with Gasteiger partial charge in [-0.05, 0) is 55.3 Å². The van der Waals surface area contributed by atoms with Gasteiger partial charge in [-0.2, -0.15) is 0 Å². The fourth-order valence-corrected chi connectivity index (χ4v) is 2.87. The van der Waals surface area contributed by atoms with Gasteiger partial charge in [0.15, 0.2) is 11.5 Å². The number of hydrogen-bond acceptors (Lipinski definition) is 5. The van der Waals surface area contributed by atoms with Gasteiger partial charge in [0.2, 0.25) is 0 Å². The number of H-pyrrole nitrogens is 1. The summed E-state index contributed by atoms with van der Waals surface area (Å²) < 4.78 is 16.3. The molecule has 2 N–H and O–H groups in total. The van der Waals surface area contributed by atoms with Gasteiger partial charge < -0.3 is 24.2 Å². The fraction of sp³-hybridized carbons (Fsp3) is 0.273. The smallest absolute Gasteiger partial charge is 0.261 e. The first-order valence-corrected chi connectivity index (χ1v) is 9.42. The van der Waals surface area contributed by atoms with Gasteiger partial charge in [-0.25, -0.2) is 0 Å². The molecule has 1 unspecified atom stereocenters. The molecule has 0 saturated heterocycles. The van der Waals surface area contributed by atoms with Gasteiger partial charge in [-0.3, -0.25) is 9.59 Å². The lowest BCUT2D eigenvalue weighted by Crippen LogP contribution is -2.31. The van der Waals surface area contributed by atoms with E-state index < -0.39 is 11.5 Å². The third kappa shape index (κ3) is 4.68. The van der Waals surface area contributed by atoms with Gasteiger partial charge in [0, 0.05) is 0 Å². The molecule has 0 radical (unpaired) electrons. The molecule has 0 bridgehead atoms. The van der Waals surface area contributed by atoms with Crippen LogP contribution in [0.3, 0.4) is 0 Å². The maximum Gasteiger partial charge on any atom is 0.261 e. The molecule has 3 rings (SSSR count). The number of hydrogen-bond donors (Lipinski definition) is 2. The summed E-state index contributed by atoms with van der Waals surface area (Å²) >= 11 is 0. The molecule has 0 aliphatic carbocycles. The third-order valence-corrected chi connectivity index (χ3v) is 4.44. The van der Waals surface area contributed by atoms with Gasteiger partial charge in [-0.15, -0.1) is 0 Å². The highest BCUT2D eigenvalue weighted by Gasteiger charge is 2.17. The van der Waals surface area contributed by atoms with E-state index in [-0.39, 0.29) is 11.6 Å². The zero-order valence-corrected chi connectivity index (χ0v) is 16.7.